The van der Waals surface area contributed by atoms with E-state index in [1.54, 1.807) is 12.1 Å². The molecule has 0 unspecified atom stereocenters. The smallest absolute Gasteiger partial charge is 0.115 e. The molecule has 0 aliphatic heterocycles. The van der Waals surface area contributed by atoms with Crippen LogP contribution in [0.1, 0.15) is 5.56 Å². The molecule has 1 aromatic carbocycles. The summed E-state index contributed by atoms with van der Waals surface area (Å²) in [6, 6.07) is 9.08. The fourth-order valence-electron chi connectivity index (χ4n) is 1.63. The fraction of sp³-hybridized carbons (Fsp3) is 0.538. The molecule has 1 rings (SSSR count). The van der Waals surface area contributed by atoms with E-state index in [1.165, 1.54) is 0 Å². The molecule has 6 nitrogen and oxygen atoms in total. The molecule has 4 atom stereocenters. The third-order valence-electron chi connectivity index (χ3n) is 2.77. The topological polar surface area (TPSA) is 110 Å². The minimum atomic E-state index is -1.49. The Balaban J connectivity index is 2.64. The number of aliphatic hydroxyl groups excluding tert-OH is 5. The highest BCUT2D eigenvalue weighted by molar-refractivity contribution is 5.13. The van der Waals surface area contributed by atoms with Crippen molar-refractivity contribution in [1.82, 2.24) is 0 Å². The van der Waals surface area contributed by atoms with Gasteiger partial charge in [0, 0.05) is 0 Å². The van der Waals surface area contributed by atoms with Crippen LogP contribution in [0.15, 0.2) is 30.3 Å². The number of aliphatic hydroxyl groups is 5. The zero-order valence-corrected chi connectivity index (χ0v) is 10.5. The molecule has 0 aliphatic rings. The van der Waals surface area contributed by atoms with E-state index >= 15 is 0 Å². The van der Waals surface area contributed by atoms with Gasteiger partial charge in [0.05, 0.1) is 19.8 Å². The lowest BCUT2D eigenvalue weighted by Gasteiger charge is -2.29. The average molecular weight is 272 g/mol. The maximum atomic E-state index is 9.75. The molecule has 0 saturated carbocycles. The molecule has 6 heteroatoms. The predicted molar refractivity (Wildman–Crippen MR) is 67.2 cm³/mol. The molecule has 5 N–H and O–H groups in total. The lowest BCUT2D eigenvalue weighted by atomic mass is 10.0. The highest BCUT2D eigenvalue weighted by Gasteiger charge is 2.32. The van der Waals surface area contributed by atoms with Crippen molar-refractivity contribution in [1.29, 1.82) is 0 Å². The molecule has 0 amide bonds. The SMILES string of the molecule is OC[C@@H](O)[C@@H](OCc1ccccc1)[C@H](O)[C@@H](O)CO. The summed E-state index contributed by atoms with van der Waals surface area (Å²) >= 11 is 0. The maximum absolute atomic E-state index is 9.75. The van der Waals surface area contributed by atoms with Crippen LogP contribution in [-0.2, 0) is 11.3 Å². The summed E-state index contributed by atoms with van der Waals surface area (Å²) in [6.07, 6.45) is -5.47. The van der Waals surface area contributed by atoms with Gasteiger partial charge in [-0.05, 0) is 5.56 Å². The summed E-state index contributed by atoms with van der Waals surface area (Å²) in [6.45, 7) is -1.17. The largest absolute Gasteiger partial charge is 0.394 e. The summed E-state index contributed by atoms with van der Waals surface area (Å²) in [7, 11) is 0. The number of ether oxygens (including phenoxy) is 1. The molecule has 0 aromatic heterocycles. The Morgan fingerprint density at radius 1 is 0.895 bits per heavy atom. The Morgan fingerprint density at radius 2 is 1.47 bits per heavy atom. The van der Waals surface area contributed by atoms with Crippen molar-refractivity contribution >= 4 is 0 Å². The predicted octanol–water partition coefficient (Wildman–Crippen LogP) is -1.36. The minimum absolute atomic E-state index is 0.109. The third-order valence-corrected chi connectivity index (χ3v) is 2.77. The summed E-state index contributed by atoms with van der Waals surface area (Å²) in [4.78, 5) is 0. The van der Waals surface area contributed by atoms with Crippen molar-refractivity contribution in [3.63, 3.8) is 0 Å². The molecule has 108 valence electrons. The van der Waals surface area contributed by atoms with Crippen molar-refractivity contribution in [2.24, 2.45) is 0 Å². The van der Waals surface area contributed by atoms with Crippen LogP contribution in [-0.4, -0.2) is 63.2 Å². The van der Waals surface area contributed by atoms with Crippen LogP contribution in [0.2, 0.25) is 0 Å². The normalized spacial score (nSPS) is 17.7. The van der Waals surface area contributed by atoms with Gasteiger partial charge >= 0.3 is 0 Å². The van der Waals surface area contributed by atoms with Crippen LogP contribution in [0.4, 0.5) is 0 Å². The standard InChI is InChI=1S/C13H20O6/c14-6-10(16)12(18)13(11(17)7-15)19-8-9-4-2-1-3-5-9/h1-5,10-18H,6-8H2/t10-,11+,12+,13+/m0/s1. The first-order chi connectivity index (χ1) is 9.10. The van der Waals surface area contributed by atoms with Gasteiger partial charge in [-0.1, -0.05) is 30.3 Å². The Kier molecular flexibility index (Phi) is 6.93. The second-order valence-electron chi connectivity index (χ2n) is 4.25. The number of benzene rings is 1. The molecule has 0 radical (unpaired) electrons. The van der Waals surface area contributed by atoms with Crippen molar-refractivity contribution in [3.8, 4) is 0 Å². The van der Waals surface area contributed by atoms with Crippen LogP contribution < -0.4 is 0 Å². The van der Waals surface area contributed by atoms with Crippen LogP contribution in [0.3, 0.4) is 0 Å². The zero-order valence-electron chi connectivity index (χ0n) is 10.5. The first kappa shape index (κ1) is 16.0. The Bertz CT molecular complexity index is 344. The van der Waals surface area contributed by atoms with Crippen molar-refractivity contribution in [2.75, 3.05) is 13.2 Å². The van der Waals surface area contributed by atoms with Gasteiger partial charge in [-0.25, -0.2) is 0 Å². The number of hydrogen-bond acceptors (Lipinski definition) is 6. The highest BCUT2D eigenvalue weighted by Crippen LogP contribution is 2.12. The highest BCUT2D eigenvalue weighted by atomic mass is 16.5. The summed E-state index contributed by atoms with van der Waals surface area (Å²) < 4.78 is 5.33. The van der Waals surface area contributed by atoms with Gasteiger partial charge in [-0.2, -0.15) is 0 Å². The Labute approximate surface area is 111 Å². The summed E-state index contributed by atoms with van der Waals surface area (Å²) in [5.41, 5.74) is 0.823. The van der Waals surface area contributed by atoms with Crippen molar-refractivity contribution in [2.45, 2.75) is 31.0 Å². The van der Waals surface area contributed by atoms with E-state index in [0.29, 0.717) is 0 Å². The van der Waals surface area contributed by atoms with Gasteiger partial charge < -0.3 is 30.3 Å². The molecule has 0 bridgehead atoms. The van der Waals surface area contributed by atoms with Crippen LogP contribution >= 0.6 is 0 Å². The van der Waals surface area contributed by atoms with E-state index < -0.39 is 37.6 Å². The molecule has 0 heterocycles. The maximum Gasteiger partial charge on any atom is 0.115 e. The fourth-order valence-corrected chi connectivity index (χ4v) is 1.63. The van der Waals surface area contributed by atoms with Crippen LogP contribution in [0.25, 0.3) is 0 Å². The van der Waals surface area contributed by atoms with E-state index in [1.807, 2.05) is 18.2 Å². The van der Waals surface area contributed by atoms with E-state index in [2.05, 4.69) is 0 Å². The monoisotopic (exact) mass is 272 g/mol. The molecule has 0 spiro atoms. The summed E-state index contributed by atoms with van der Waals surface area (Å²) in [5, 5.41) is 46.4. The Hall–Kier alpha value is -1.02. The zero-order chi connectivity index (χ0) is 14.3. The lowest BCUT2D eigenvalue weighted by molar-refractivity contribution is -0.153. The quantitative estimate of drug-likeness (QED) is 0.400. The molecule has 0 saturated heterocycles. The van der Waals surface area contributed by atoms with Gasteiger partial charge in [-0.3, -0.25) is 0 Å². The second kappa shape index (κ2) is 8.21. The number of rotatable bonds is 8. The third kappa shape index (κ3) is 4.87. The van der Waals surface area contributed by atoms with Crippen LogP contribution in [0, 0.1) is 0 Å². The van der Waals surface area contributed by atoms with Gasteiger partial charge in [-0.15, -0.1) is 0 Å². The first-order valence-corrected chi connectivity index (χ1v) is 6.01. The number of hydrogen-bond donors (Lipinski definition) is 5. The van der Waals surface area contributed by atoms with Gasteiger partial charge in [0.15, 0.2) is 0 Å². The average Bonchev–Trinajstić information content (AvgIpc) is 2.47. The van der Waals surface area contributed by atoms with Crippen molar-refractivity contribution < 1.29 is 30.3 Å². The molecular formula is C13H20O6. The van der Waals surface area contributed by atoms with E-state index in [9.17, 15) is 15.3 Å². The molecule has 19 heavy (non-hydrogen) atoms. The van der Waals surface area contributed by atoms with Gasteiger partial charge in [0.2, 0.25) is 0 Å². The van der Waals surface area contributed by atoms with E-state index in [0.717, 1.165) is 5.56 Å². The molecule has 0 fully saturated rings. The van der Waals surface area contributed by atoms with Gasteiger partial charge in [0.1, 0.15) is 24.4 Å². The van der Waals surface area contributed by atoms with E-state index in [-0.39, 0.29) is 6.61 Å². The molecule has 0 aliphatic carbocycles. The summed E-state index contributed by atoms with van der Waals surface area (Å²) in [5.74, 6) is 0. The van der Waals surface area contributed by atoms with Crippen molar-refractivity contribution in [3.05, 3.63) is 35.9 Å². The first-order valence-electron chi connectivity index (χ1n) is 6.01. The molecule has 1 aromatic rings. The Morgan fingerprint density at radius 3 is 2.00 bits per heavy atom. The minimum Gasteiger partial charge on any atom is -0.394 e. The second-order valence-corrected chi connectivity index (χ2v) is 4.25. The molecular weight excluding hydrogens is 252 g/mol. The lowest BCUT2D eigenvalue weighted by Crippen LogP contribution is -2.48. The van der Waals surface area contributed by atoms with Gasteiger partial charge in [0.25, 0.3) is 0 Å². The van der Waals surface area contributed by atoms with E-state index in [4.69, 9.17) is 14.9 Å². The van der Waals surface area contributed by atoms with Crippen LogP contribution in [0.5, 0.6) is 0 Å².